The Hall–Kier alpha value is -3.38. The quantitative estimate of drug-likeness (QED) is 0.374. The van der Waals surface area contributed by atoms with Gasteiger partial charge in [-0.05, 0) is 42.8 Å². The lowest BCUT2D eigenvalue weighted by atomic mass is 10.1. The van der Waals surface area contributed by atoms with Crippen LogP contribution >= 0.6 is 11.3 Å². The maximum Gasteiger partial charge on any atom is 0.322 e. The summed E-state index contributed by atoms with van der Waals surface area (Å²) in [4.78, 5) is 15.1. The molecule has 6 nitrogen and oxygen atoms in total. The molecular formula is C24H20N2O4S2. The van der Waals surface area contributed by atoms with E-state index in [1.54, 1.807) is 6.07 Å². The van der Waals surface area contributed by atoms with Gasteiger partial charge in [0, 0.05) is 29.1 Å². The van der Waals surface area contributed by atoms with E-state index in [1.165, 1.54) is 18.2 Å². The third kappa shape index (κ3) is 4.92. The molecule has 0 saturated carbocycles. The van der Waals surface area contributed by atoms with E-state index in [0.717, 1.165) is 22.5 Å². The molecule has 2 aromatic heterocycles. The van der Waals surface area contributed by atoms with Crippen molar-refractivity contribution in [1.29, 1.82) is 0 Å². The number of para-hydroxylation sites is 1. The molecule has 8 heteroatoms. The van der Waals surface area contributed by atoms with Crippen LogP contribution in [0, 0.1) is 18.8 Å². The minimum atomic E-state index is -4.18. The zero-order valence-corrected chi connectivity index (χ0v) is 18.5. The first-order chi connectivity index (χ1) is 16.5. The van der Waals surface area contributed by atoms with Crippen LogP contribution in [0.5, 0.6) is 0 Å². The Bertz CT molecular complexity index is 1600. The minimum Gasteiger partial charge on any atom is -0.480 e. The number of thiophene rings is 1. The van der Waals surface area contributed by atoms with E-state index in [9.17, 15) is 18.3 Å². The molecule has 4 rings (SSSR count). The van der Waals surface area contributed by atoms with Crippen molar-refractivity contribution in [3.05, 3.63) is 88.4 Å². The molecule has 0 saturated heterocycles. The number of aromatic nitrogens is 1. The van der Waals surface area contributed by atoms with Gasteiger partial charge in [-0.1, -0.05) is 47.7 Å². The van der Waals surface area contributed by atoms with Crippen molar-refractivity contribution in [3.63, 3.8) is 0 Å². The molecule has 2 heterocycles. The lowest BCUT2D eigenvalue weighted by Crippen LogP contribution is -2.41. The number of rotatable bonds is 6. The lowest BCUT2D eigenvalue weighted by molar-refractivity contribution is -0.138. The smallest absolute Gasteiger partial charge is 0.322 e. The fourth-order valence-corrected chi connectivity index (χ4v) is 5.39. The highest BCUT2D eigenvalue weighted by atomic mass is 32.2. The number of carboxylic acid groups (broad SMARTS) is 1. The molecular weight excluding hydrogens is 444 g/mol. The Morgan fingerprint density at radius 1 is 1.22 bits per heavy atom. The lowest BCUT2D eigenvalue weighted by Gasteiger charge is -2.13. The van der Waals surface area contributed by atoms with Crippen molar-refractivity contribution in [1.82, 2.24) is 9.71 Å². The third-order valence-electron chi connectivity index (χ3n) is 4.69. The number of aromatic amines is 1. The molecule has 0 aliphatic carbocycles. The van der Waals surface area contributed by atoms with Gasteiger partial charge in [-0.15, -0.1) is 11.3 Å². The number of hydrogen-bond donors (Lipinski definition) is 3. The van der Waals surface area contributed by atoms with Crippen LogP contribution in [0.15, 0.2) is 71.0 Å². The second-order valence-electron chi connectivity index (χ2n) is 7.07. The van der Waals surface area contributed by atoms with Crippen molar-refractivity contribution in [2.75, 3.05) is 0 Å². The van der Waals surface area contributed by atoms with Crippen LogP contribution in [0.3, 0.4) is 0 Å². The topological polar surface area (TPSA) is 99.3 Å². The summed E-state index contributed by atoms with van der Waals surface area (Å²) in [6.45, 7) is 1.97. The van der Waals surface area contributed by atoms with E-state index in [1.807, 2.05) is 31.2 Å². The largest absolute Gasteiger partial charge is 0.480 e. The molecule has 0 aliphatic rings. The van der Waals surface area contributed by atoms with E-state index < -0.39 is 22.0 Å². The molecule has 4 aromatic rings. The Morgan fingerprint density at radius 2 is 2.00 bits per heavy atom. The zero-order chi connectivity index (χ0) is 25.3. The maximum absolute atomic E-state index is 12.9. The number of aliphatic carboxylic acids is 1. The van der Waals surface area contributed by atoms with Gasteiger partial charge in [0.1, 0.15) is 10.3 Å². The average molecular weight is 468 g/mol. The normalized spacial score (nSPS) is 13.6. The SMILES string of the molecule is [2H]c1cc([2H])c2[nH]c([2H])c(C[C@@H](NS(=O)(=O)c3ccc(C#Cc4ccc(C)cc4)s3)C(=O)O)c2c1. The number of carbonyl (C=O) groups is 1. The highest BCUT2D eigenvalue weighted by Crippen LogP contribution is 2.23. The van der Waals surface area contributed by atoms with Crippen LogP contribution in [0.1, 0.15) is 25.7 Å². The van der Waals surface area contributed by atoms with E-state index in [0.29, 0.717) is 15.8 Å². The summed E-state index contributed by atoms with van der Waals surface area (Å²) in [5, 5.41) is 10.0. The summed E-state index contributed by atoms with van der Waals surface area (Å²) in [6.07, 6.45) is -0.462. The summed E-state index contributed by atoms with van der Waals surface area (Å²) in [7, 11) is -4.18. The Morgan fingerprint density at radius 3 is 2.75 bits per heavy atom. The Balaban J connectivity index is 1.57. The van der Waals surface area contributed by atoms with Gasteiger partial charge in [0.25, 0.3) is 10.0 Å². The van der Waals surface area contributed by atoms with Crippen molar-refractivity contribution >= 4 is 38.2 Å². The Kier molecular flexibility index (Phi) is 5.13. The zero-order valence-electron chi connectivity index (χ0n) is 19.9. The summed E-state index contributed by atoms with van der Waals surface area (Å²) < 4.78 is 51.9. The van der Waals surface area contributed by atoms with Crippen LogP contribution in [0.25, 0.3) is 10.9 Å². The molecule has 32 heavy (non-hydrogen) atoms. The van der Waals surface area contributed by atoms with Crippen LogP contribution in [0.2, 0.25) is 0 Å². The van der Waals surface area contributed by atoms with Gasteiger partial charge in [0.2, 0.25) is 0 Å². The number of sulfonamides is 1. The number of nitrogens with one attached hydrogen (secondary N) is 2. The maximum atomic E-state index is 12.9. The summed E-state index contributed by atoms with van der Waals surface area (Å²) in [6, 6.07) is 11.7. The van der Waals surface area contributed by atoms with Gasteiger partial charge in [0.15, 0.2) is 0 Å². The second-order valence-corrected chi connectivity index (χ2v) is 10.1. The predicted molar refractivity (Wildman–Crippen MR) is 125 cm³/mol. The molecule has 2 aromatic carbocycles. The van der Waals surface area contributed by atoms with Gasteiger partial charge in [-0.3, -0.25) is 4.79 Å². The van der Waals surface area contributed by atoms with Gasteiger partial charge < -0.3 is 10.1 Å². The number of hydrogen-bond acceptors (Lipinski definition) is 4. The fourth-order valence-electron chi connectivity index (χ4n) is 3.03. The molecule has 3 N–H and O–H groups in total. The first-order valence-electron chi connectivity index (χ1n) is 11.1. The first kappa shape index (κ1) is 18.2. The summed E-state index contributed by atoms with van der Waals surface area (Å²) in [5.74, 6) is 4.48. The van der Waals surface area contributed by atoms with Crippen molar-refractivity contribution in [2.24, 2.45) is 0 Å². The number of aryl methyl sites for hydroxylation is 1. The second kappa shape index (κ2) is 9.01. The molecule has 0 amide bonds. The van der Waals surface area contributed by atoms with Crippen LogP contribution in [0.4, 0.5) is 0 Å². The number of H-pyrrole nitrogens is 1. The van der Waals surface area contributed by atoms with Crippen molar-refractivity contribution in [3.8, 4) is 11.8 Å². The fraction of sp³-hybridized carbons (Fsp3) is 0.125. The van der Waals surface area contributed by atoms with E-state index in [4.69, 9.17) is 4.11 Å². The average Bonchev–Trinajstić information content (AvgIpc) is 3.39. The third-order valence-corrected chi connectivity index (χ3v) is 7.66. The number of benzene rings is 2. The standard InChI is InChI=1S/C24H20N2O4S2/c1-16-6-8-17(9-7-16)10-11-19-12-13-23(31-19)32(29,30)26-22(24(27)28)14-18-15-25-21-5-3-2-4-20(18)21/h2-9,12-13,15,22,25-26H,14H2,1H3,(H,27,28)/t22-/m1/s1/i2D,5D,15D. The summed E-state index contributed by atoms with van der Waals surface area (Å²) in [5.41, 5.74) is 2.40. The number of carboxylic acids is 1. The van der Waals surface area contributed by atoms with Crippen LogP contribution < -0.4 is 4.72 Å². The van der Waals surface area contributed by atoms with E-state index >= 15 is 0 Å². The highest BCUT2D eigenvalue weighted by molar-refractivity contribution is 7.91. The number of fused-ring (bicyclic) bond motifs is 1. The molecule has 0 bridgehead atoms. The molecule has 0 aliphatic heterocycles. The van der Waals surface area contributed by atoms with Crippen LogP contribution in [-0.2, 0) is 21.2 Å². The monoisotopic (exact) mass is 467 g/mol. The van der Waals surface area contributed by atoms with Gasteiger partial charge in [-0.25, -0.2) is 8.42 Å². The van der Waals surface area contributed by atoms with Gasteiger partial charge in [0.05, 0.1) is 8.99 Å². The molecule has 0 unspecified atom stereocenters. The molecule has 1 atom stereocenters. The van der Waals surface area contributed by atoms with Crippen LogP contribution in [-0.4, -0.2) is 30.5 Å². The minimum absolute atomic E-state index is 0.00225. The molecule has 0 radical (unpaired) electrons. The van der Waals surface area contributed by atoms with Gasteiger partial charge >= 0.3 is 5.97 Å². The van der Waals surface area contributed by atoms with Crippen molar-refractivity contribution in [2.45, 2.75) is 23.6 Å². The van der Waals surface area contributed by atoms with Crippen molar-refractivity contribution < 1.29 is 22.4 Å². The molecule has 162 valence electrons. The summed E-state index contributed by atoms with van der Waals surface area (Å²) >= 11 is 0.924. The van der Waals surface area contributed by atoms with E-state index in [2.05, 4.69) is 21.5 Å². The first-order valence-corrected chi connectivity index (χ1v) is 11.9. The van der Waals surface area contributed by atoms with Gasteiger partial charge in [-0.2, -0.15) is 4.72 Å². The molecule has 0 spiro atoms. The predicted octanol–water partition coefficient (Wildman–Crippen LogP) is 3.91. The molecule has 0 fully saturated rings. The highest BCUT2D eigenvalue weighted by Gasteiger charge is 2.27. The Labute approximate surface area is 194 Å². The van der Waals surface area contributed by atoms with E-state index in [-0.39, 0.29) is 34.5 Å².